The van der Waals surface area contributed by atoms with Crippen molar-refractivity contribution < 1.29 is 39.5 Å². The first-order valence-electron chi connectivity index (χ1n) is 16.0. The Kier molecular flexibility index (Phi) is 8.23. The first-order chi connectivity index (χ1) is 19.8. The predicted molar refractivity (Wildman–Crippen MR) is 157 cm³/mol. The molecule has 1 heterocycles. The van der Waals surface area contributed by atoms with Crippen LogP contribution in [0.4, 0.5) is 0 Å². The molecule has 0 radical (unpaired) electrons. The van der Waals surface area contributed by atoms with E-state index in [-0.39, 0.29) is 11.5 Å². The third kappa shape index (κ3) is 4.34. The van der Waals surface area contributed by atoms with Gasteiger partial charge in [0.25, 0.3) is 0 Å². The van der Waals surface area contributed by atoms with E-state index >= 15 is 0 Å². The molecular weight excluding hydrogens is 536 g/mol. The number of aliphatic hydroxyl groups excluding tert-OH is 2. The maximum Gasteiger partial charge on any atom is 0.331 e. The number of ether oxygens (including phenoxy) is 2. The molecule has 5 aliphatic rings. The molecule has 42 heavy (non-hydrogen) atoms. The Hall–Kier alpha value is -1.84. The number of unbranched alkanes of at least 4 members (excludes halogenated alkanes) is 7. The van der Waals surface area contributed by atoms with Gasteiger partial charge < -0.3 is 29.9 Å². The quantitative estimate of drug-likeness (QED) is 0.0888. The molecule has 8 heteroatoms. The molecule has 3 saturated carbocycles. The minimum Gasteiger partial charge on any atom is -0.455 e. The van der Waals surface area contributed by atoms with Crippen molar-refractivity contribution in [2.24, 2.45) is 29.1 Å². The molecule has 0 aromatic heterocycles. The average molecular weight is 587 g/mol. The Bertz CT molecular complexity index is 1170. The Morgan fingerprint density at radius 3 is 2.45 bits per heavy atom. The average Bonchev–Trinajstić information content (AvgIpc) is 3.76. The van der Waals surface area contributed by atoms with E-state index in [1.54, 1.807) is 19.1 Å². The van der Waals surface area contributed by atoms with Crippen molar-refractivity contribution in [3.8, 4) is 0 Å². The van der Waals surface area contributed by atoms with Gasteiger partial charge in [0.05, 0.1) is 18.3 Å². The third-order valence-electron chi connectivity index (χ3n) is 11.7. The van der Waals surface area contributed by atoms with Crippen LogP contribution < -0.4 is 0 Å². The van der Waals surface area contributed by atoms with E-state index in [9.17, 15) is 30.0 Å². The van der Waals surface area contributed by atoms with E-state index < -0.39 is 76.1 Å². The van der Waals surface area contributed by atoms with Gasteiger partial charge in [-0.25, -0.2) is 4.79 Å². The van der Waals surface area contributed by atoms with Crippen molar-refractivity contribution >= 4 is 11.8 Å². The summed E-state index contributed by atoms with van der Waals surface area (Å²) in [6.45, 7) is 8.99. The molecule has 1 aliphatic heterocycles. The first-order valence-corrected chi connectivity index (χ1v) is 16.0. The number of aliphatic hydroxyl groups is 4. The lowest BCUT2D eigenvalue weighted by Gasteiger charge is -2.51. The summed E-state index contributed by atoms with van der Waals surface area (Å²) < 4.78 is 12.2. The molecule has 5 rings (SSSR count). The highest BCUT2D eigenvalue weighted by Crippen LogP contribution is 2.79. The number of hydrogen-bond donors (Lipinski definition) is 4. The number of rotatable bonds is 12. The fraction of sp³-hybridized carbons (Fsp3) is 0.765. The van der Waals surface area contributed by atoms with Crippen molar-refractivity contribution in [1.29, 1.82) is 0 Å². The summed E-state index contributed by atoms with van der Waals surface area (Å²) in [7, 11) is 0. The number of hydrogen-bond acceptors (Lipinski definition) is 8. The monoisotopic (exact) mass is 586 g/mol. The highest BCUT2D eigenvalue weighted by Gasteiger charge is 2.90. The maximum atomic E-state index is 13.2. The van der Waals surface area contributed by atoms with Crippen LogP contribution in [0.1, 0.15) is 92.4 Å². The summed E-state index contributed by atoms with van der Waals surface area (Å²) in [5, 5.41) is 46.1. The molecule has 0 bridgehead atoms. The lowest BCUT2D eigenvalue weighted by Crippen LogP contribution is -2.65. The number of esters is 1. The molecule has 234 valence electrons. The van der Waals surface area contributed by atoms with Gasteiger partial charge in [0.1, 0.15) is 17.3 Å². The van der Waals surface area contributed by atoms with Crippen LogP contribution in [0.5, 0.6) is 0 Å². The van der Waals surface area contributed by atoms with Crippen molar-refractivity contribution in [1.82, 2.24) is 0 Å². The second-order valence-corrected chi connectivity index (χ2v) is 14.3. The van der Waals surface area contributed by atoms with Crippen LogP contribution in [-0.2, 0) is 19.1 Å². The van der Waals surface area contributed by atoms with Crippen LogP contribution in [0.3, 0.4) is 0 Å². The lowest BCUT2D eigenvalue weighted by molar-refractivity contribution is -0.214. The molecular formula is C34H50O8. The third-order valence-corrected chi connectivity index (χ3v) is 11.7. The standard InChI is InChI=1S/C34H50O8/c1-6-7-8-9-10-11-12-13-14-15-16-17-24(36)41-32-19-22(3)33(39)23-18-21(2)27(37)34(23,40)29(38)31(20-35)28(42-31)25(33)26(32)30(32,4)5/h14-18,22-23,25-26,28-29,35,38-40H,6-13,19-20H2,1-5H3/b15-14+,17-16+/t22-,23+,25-,26-,28+,29-,31+,32+,33+,34-/m1/s1. The van der Waals surface area contributed by atoms with Crippen molar-refractivity contribution in [2.45, 2.75) is 127 Å². The van der Waals surface area contributed by atoms with Crippen LogP contribution in [0.15, 0.2) is 36.0 Å². The van der Waals surface area contributed by atoms with Crippen LogP contribution in [0, 0.1) is 29.1 Å². The largest absolute Gasteiger partial charge is 0.455 e. The van der Waals surface area contributed by atoms with Gasteiger partial charge >= 0.3 is 5.97 Å². The Morgan fingerprint density at radius 1 is 1.12 bits per heavy atom. The number of carbonyl (C=O) groups excluding carboxylic acids is 2. The first kappa shape index (κ1) is 31.6. The van der Waals surface area contributed by atoms with Gasteiger partial charge in [0, 0.05) is 29.2 Å². The van der Waals surface area contributed by atoms with Gasteiger partial charge in [-0.3, -0.25) is 4.79 Å². The van der Waals surface area contributed by atoms with E-state index in [1.807, 2.05) is 26.8 Å². The van der Waals surface area contributed by atoms with E-state index in [0.29, 0.717) is 6.42 Å². The minimum atomic E-state index is -2.32. The molecule has 0 aromatic rings. The van der Waals surface area contributed by atoms with E-state index in [2.05, 4.69) is 13.0 Å². The summed E-state index contributed by atoms with van der Waals surface area (Å²) in [5.41, 5.74) is -6.72. The van der Waals surface area contributed by atoms with Gasteiger partial charge in [-0.15, -0.1) is 0 Å². The lowest BCUT2D eigenvalue weighted by atomic mass is 9.59. The summed E-state index contributed by atoms with van der Waals surface area (Å²) in [6, 6.07) is 0. The summed E-state index contributed by atoms with van der Waals surface area (Å²) in [6.07, 6.45) is 16.2. The Labute approximate surface area is 249 Å². The normalized spacial score (nSPS) is 44.7. The Balaban J connectivity index is 1.31. The Morgan fingerprint density at radius 2 is 1.79 bits per heavy atom. The zero-order valence-electron chi connectivity index (χ0n) is 25.8. The molecule has 10 atom stereocenters. The molecule has 8 nitrogen and oxygen atoms in total. The van der Waals surface area contributed by atoms with E-state index in [4.69, 9.17) is 9.47 Å². The van der Waals surface area contributed by atoms with E-state index in [0.717, 1.165) is 12.8 Å². The highest BCUT2D eigenvalue weighted by atomic mass is 16.6. The van der Waals surface area contributed by atoms with Crippen LogP contribution >= 0.6 is 0 Å². The summed E-state index contributed by atoms with van der Waals surface area (Å²) in [5.74, 6) is -3.78. The fourth-order valence-corrected chi connectivity index (χ4v) is 9.18. The number of allylic oxidation sites excluding steroid dienone is 3. The smallest absolute Gasteiger partial charge is 0.331 e. The fourth-order valence-electron chi connectivity index (χ4n) is 9.18. The molecule has 1 saturated heterocycles. The van der Waals surface area contributed by atoms with Gasteiger partial charge in [0.15, 0.2) is 11.4 Å². The minimum absolute atomic E-state index is 0.261. The van der Waals surface area contributed by atoms with Gasteiger partial charge in [0.2, 0.25) is 0 Å². The van der Waals surface area contributed by atoms with Gasteiger partial charge in [-0.1, -0.05) is 90.5 Å². The van der Waals surface area contributed by atoms with Gasteiger partial charge in [-0.2, -0.15) is 0 Å². The molecule has 4 aliphatic carbocycles. The molecule has 0 aromatic carbocycles. The van der Waals surface area contributed by atoms with Crippen LogP contribution in [0.2, 0.25) is 0 Å². The predicted octanol–water partition coefficient (Wildman–Crippen LogP) is 3.95. The molecule has 0 unspecified atom stereocenters. The molecule has 4 fully saturated rings. The van der Waals surface area contributed by atoms with Crippen molar-refractivity contribution in [3.05, 3.63) is 36.0 Å². The summed E-state index contributed by atoms with van der Waals surface area (Å²) >= 11 is 0. The van der Waals surface area contributed by atoms with Crippen molar-refractivity contribution in [2.75, 3.05) is 6.61 Å². The number of carbonyl (C=O) groups is 2. The van der Waals surface area contributed by atoms with Crippen LogP contribution in [0.25, 0.3) is 0 Å². The zero-order chi connectivity index (χ0) is 30.7. The second kappa shape index (κ2) is 11.0. The topological polar surface area (TPSA) is 137 Å². The molecule has 0 amide bonds. The van der Waals surface area contributed by atoms with Gasteiger partial charge in [-0.05, 0) is 37.7 Å². The highest BCUT2D eigenvalue weighted by molar-refractivity contribution is 6.05. The second-order valence-electron chi connectivity index (χ2n) is 14.3. The zero-order valence-corrected chi connectivity index (χ0v) is 25.8. The maximum absolute atomic E-state index is 13.2. The number of Topliss-reactive ketones (excluding diaryl/α,β-unsaturated/α-hetero) is 1. The molecule has 0 spiro atoms. The van der Waals surface area contributed by atoms with Crippen molar-refractivity contribution in [3.63, 3.8) is 0 Å². The summed E-state index contributed by atoms with van der Waals surface area (Å²) in [4.78, 5) is 26.3. The van der Waals surface area contributed by atoms with E-state index in [1.165, 1.54) is 44.6 Å². The number of fused-ring (bicyclic) bond motifs is 7. The molecule has 4 N–H and O–H groups in total. The van der Waals surface area contributed by atoms with Crippen LogP contribution in [-0.4, -0.2) is 73.4 Å². The number of ketones is 1. The SMILES string of the molecule is CCCCCCCCC/C=C/C=C/C(=O)O[C@@]12C[C@@H](C)[C@@]3(O)[C@H]([C@@H]1C2(C)C)[C@@H]1O[C@]1(CO)[C@@H](O)[C@]1(O)C(=O)C(C)=C[C@H]13. The number of epoxide rings is 1.